The van der Waals surface area contributed by atoms with Gasteiger partial charge in [0, 0.05) is 5.92 Å². The second-order valence-corrected chi connectivity index (χ2v) is 9.74. The molecule has 4 rings (SSSR count). The van der Waals surface area contributed by atoms with Gasteiger partial charge < -0.3 is 20.5 Å². The van der Waals surface area contributed by atoms with Crippen molar-refractivity contribution in [2.24, 2.45) is 5.92 Å². The second-order valence-electron chi connectivity index (χ2n) is 9.74. The fraction of sp³-hybridized carbons (Fsp3) is 0.444. The molecule has 0 radical (unpaired) electrons. The van der Waals surface area contributed by atoms with E-state index in [1.807, 2.05) is 50.2 Å². The van der Waals surface area contributed by atoms with Gasteiger partial charge in [0.25, 0.3) is 0 Å². The van der Waals surface area contributed by atoms with Crippen molar-refractivity contribution < 1.29 is 24.2 Å². The molecule has 2 aliphatic rings. The normalized spacial score (nSPS) is 17.0. The molecular weight excluding hydrogens is 432 g/mol. The van der Waals surface area contributed by atoms with E-state index in [1.54, 1.807) is 0 Å². The monoisotopic (exact) mass is 464 g/mol. The van der Waals surface area contributed by atoms with Crippen molar-refractivity contribution >= 4 is 18.0 Å². The highest BCUT2D eigenvalue weighted by atomic mass is 16.5. The van der Waals surface area contributed by atoms with E-state index < -0.39 is 29.6 Å². The number of alkyl carbamates (subject to hydrolysis) is 1. The van der Waals surface area contributed by atoms with Gasteiger partial charge in [0.15, 0.2) is 0 Å². The lowest BCUT2D eigenvalue weighted by Crippen LogP contribution is -2.58. The van der Waals surface area contributed by atoms with Crippen molar-refractivity contribution in [3.63, 3.8) is 0 Å². The molecule has 2 amide bonds. The predicted octanol–water partition coefficient (Wildman–Crippen LogP) is 4.45. The van der Waals surface area contributed by atoms with E-state index in [9.17, 15) is 19.5 Å². The molecule has 7 heteroatoms. The largest absolute Gasteiger partial charge is 0.480 e. The zero-order chi connectivity index (χ0) is 24.3. The predicted molar refractivity (Wildman–Crippen MR) is 128 cm³/mol. The Morgan fingerprint density at radius 3 is 2.09 bits per heavy atom. The van der Waals surface area contributed by atoms with Gasteiger partial charge in [-0.15, -0.1) is 0 Å². The van der Waals surface area contributed by atoms with Gasteiger partial charge in [-0.25, -0.2) is 9.59 Å². The van der Waals surface area contributed by atoms with E-state index in [0.717, 1.165) is 35.1 Å². The summed E-state index contributed by atoms with van der Waals surface area (Å²) in [6, 6.07) is 15.3. The molecule has 180 valence electrons. The molecule has 0 heterocycles. The molecule has 7 nitrogen and oxygen atoms in total. The molecule has 0 aromatic heterocycles. The number of ether oxygens (including phenoxy) is 1. The fourth-order valence-corrected chi connectivity index (χ4v) is 5.18. The third-order valence-electron chi connectivity index (χ3n) is 6.89. The van der Waals surface area contributed by atoms with Gasteiger partial charge in [-0.2, -0.15) is 0 Å². The number of nitrogens with one attached hydrogen (secondary N) is 2. The molecule has 2 aromatic rings. The third kappa shape index (κ3) is 4.79. The molecule has 0 unspecified atom stereocenters. The molecule has 1 fully saturated rings. The molecule has 0 saturated heterocycles. The molecule has 2 aromatic carbocycles. The second kappa shape index (κ2) is 9.87. The van der Waals surface area contributed by atoms with Crippen LogP contribution in [-0.4, -0.2) is 41.3 Å². The zero-order valence-corrected chi connectivity index (χ0v) is 19.7. The number of fused-ring (bicyclic) bond motifs is 3. The number of carbonyl (C=O) groups is 3. The van der Waals surface area contributed by atoms with Crippen LogP contribution < -0.4 is 10.6 Å². The lowest BCUT2D eigenvalue weighted by Gasteiger charge is -2.29. The summed E-state index contributed by atoms with van der Waals surface area (Å²) in [5, 5.41) is 15.1. The van der Waals surface area contributed by atoms with Crippen molar-refractivity contribution in [3.8, 4) is 11.1 Å². The SMILES string of the molecule is CC(C)C[C@@H](NC(=O)OCC1c2ccccc2-c2ccccc21)C(=O)NC1(C(=O)O)CCCC1. The number of benzene rings is 2. The number of amides is 2. The summed E-state index contributed by atoms with van der Waals surface area (Å²) in [5.41, 5.74) is 3.24. The van der Waals surface area contributed by atoms with Crippen LogP contribution in [0.5, 0.6) is 0 Å². The van der Waals surface area contributed by atoms with Crippen molar-refractivity contribution in [1.29, 1.82) is 0 Å². The van der Waals surface area contributed by atoms with Crippen LogP contribution in [0.4, 0.5) is 4.79 Å². The number of carbonyl (C=O) groups excluding carboxylic acids is 2. The minimum atomic E-state index is -1.25. The van der Waals surface area contributed by atoms with Crippen LogP contribution in [0.25, 0.3) is 11.1 Å². The molecule has 2 aliphatic carbocycles. The first kappa shape index (κ1) is 23.8. The average molecular weight is 465 g/mol. The van der Waals surface area contributed by atoms with Crippen LogP contribution in [0.15, 0.2) is 48.5 Å². The van der Waals surface area contributed by atoms with Crippen molar-refractivity contribution in [2.75, 3.05) is 6.61 Å². The van der Waals surface area contributed by atoms with Crippen LogP contribution in [-0.2, 0) is 14.3 Å². The van der Waals surface area contributed by atoms with E-state index in [4.69, 9.17) is 4.74 Å². The Morgan fingerprint density at radius 2 is 1.56 bits per heavy atom. The van der Waals surface area contributed by atoms with Gasteiger partial charge in [-0.1, -0.05) is 75.2 Å². The maximum absolute atomic E-state index is 13.0. The number of hydrogen-bond donors (Lipinski definition) is 3. The number of carboxylic acids is 1. The smallest absolute Gasteiger partial charge is 0.407 e. The molecule has 0 spiro atoms. The van der Waals surface area contributed by atoms with Crippen molar-refractivity contribution in [2.45, 2.75) is 63.5 Å². The van der Waals surface area contributed by atoms with Crippen LogP contribution in [0, 0.1) is 5.92 Å². The van der Waals surface area contributed by atoms with E-state index in [0.29, 0.717) is 19.3 Å². The van der Waals surface area contributed by atoms with E-state index in [2.05, 4.69) is 22.8 Å². The Balaban J connectivity index is 1.43. The van der Waals surface area contributed by atoms with Crippen LogP contribution >= 0.6 is 0 Å². The molecule has 0 aliphatic heterocycles. The summed E-state index contributed by atoms with van der Waals surface area (Å²) >= 11 is 0. The summed E-state index contributed by atoms with van der Waals surface area (Å²) in [5.74, 6) is -1.47. The summed E-state index contributed by atoms with van der Waals surface area (Å²) in [7, 11) is 0. The van der Waals surface area contributed by atoms with Gasteiger partial charge in [0.1, 0.15) is 18.2 Å². The molecule has 34 heavy (non-hydrogen) atoms. The van der Waals surface area contributed by atoms with Crippen LogP contribution in [0.2, 0.25) is 0 Å². The van der Waals surface area contributed by atoms with Gasteiger partial charge in [-0.3, -0.25) is 4.79 Å². The Bertz CT molecular complexity index is 1030. The molecule has 1 saturated carbocycles. The van der Waals surface area contributed by atoms with E-state index in [1.165, 1.54) is 0 Å². The van der Waals surface area contributed by atoms with Gasteiger partial charge in [-0.05, 0) is 47.4 Å². The molecular formula is C27H32N2O5. The van der Waals surface area contributed by atoms with Crippen LogP contribution in [0.3, 0.4) is 0 Å². The first-order valence-electron chi connectivity index (χ1n) is 12.0. The van der Waals surface area contributed by atoms with Gasteiger partial charge in [0.05, 0.1) is 0 Å². The zero-order valence-electron chi connectivity index (χ0n) is 19.7. The standard InChI is InChI=1S/C27H32N2O5/c1-17(2)15-23(24(30)29-27(25(31)32)13-7-8-14-27)28-26(33)34-16-22-20-11-5-3-9-18(20)19-10-4-6-12-21(19)22/h3-6,9-12,17,22-23H,7-8,13-16H2,1-2H3,(H,28,33)(H,29,30)(H,31,32)/t23-/m1/s1. The maximum atomic E-state index is 13.0. The summed E-state index contributed by atoms with van der Waals surface area (Å²) in [4.78, 5) is 37.6. The van der Waals surface area contributed by atoms with Gasteiger partial charge >= 0.3 is 12.1 Å². The Kier molecular flexibility index (Phi) is 6.91. The van der Waals surface area contributed by atoms with E-state index in [-0.39, 0.29) is 18.4 Å². The minimum absolute atomic E-state index is 0.0794. The highest BCUT2D eigenvalue weighted by Gasteiger charge is 2.44. The minimum Gasteiger partial charge on any atom is -0.480 e. The Labute approximate surface area is 199 Å². The first-order valence-corrected chi connectivity index (χ1v) is 12.0. The Hall–Kier alpha value is -3.35. The number of aliphatic carboxylic acids is 1. The number of rotatable bonds is 8. The summed E-state index contributed by atoms with van der Waals surface area (Å²) < 4.78 is 5.60. The fourth-order valence-electron chi connectivity index (χ4n) is 5.18. The highest BCUT2D eigenvalue weighted by Crippen LogP contribution is 2.44. The molecule has 1 atom stereocenters. The summed E-state index contributed by atoms with van der Waals surface area (Å²) in [6.45, 7) is 4.04. The highest BCUT2D eigenvalue weighted by molar-refractivity contribution is 5.91. The lowest BCUT2D eigenvalue weighted by atomic mass is 9.96. The van der Waals surface area contributed by atoms with Crippen LogP contribution in [0.1, 0.15) is 63.0 Å². The topological polar surface area (TPSA) is 105 Å². The quantitative estimate of drug-likeness (QED) is 0.535. The van der Waals surface area contributed by atoms with Crippen molar-refractivity contribution in [3.05, 3.63) is 59.7 Å². The van der Waals surface area contributed by atoms with Crippen molar-refractivity contribution in [1.82, 2.24) is 10.6 Å². The lowest BCUT2D eigenvalue weighted by molar-refractivity contribution is -0.147. The number of carboxylic acid groups (broad SMARTS) is 1. The molecule has 0 bridgehead atoms. The maximum Gasteiger partial charge on any atom is 0.407 e. The van der Waals surface area contributed by atoms with Gasteiger partial charge in [0.2, 0.25) is 5.91 Å². The molecule has 3 N–H and O–H groups in total. The first-order chi connectivity index (χ1) is 16.3. The summed E-state index contributed by atoms with van der Waals surface area (Å²) in [6.07, 6.45) is 1.99. The number of hydrogen-bond acceptors (Lipinski definition) is 4. The Morgan fingerprint density at radius 1 is 1.00 bits per heavy atom. The van der Waals surface area contributed by atoms with E-state index >= 15 is 0 Å². The average Bonchev–Trinajstić information content (AvgIpc) is 3.41. The third-order valence-corrected chi connectivity index (χ3v) is 6.89.